The molecule has 0 saturated heterocycles. The summed E-state index contributed by atoms with van der Waals surface area (Å²) in [5.41, 5.74) is 4.80. The molecule has 2 nitrogen and oxygen atoms in total. The second kappa shape index (κ2) is 2.94. The summed E-state index contributed by atoms with van der Waals surface area (Å²) in [6.45, 7) is -1.20. The van der Waals surface area contributed by atoms with E-state index in [1.54, 1.807) is 0 Å². The molecule has 0 rings (SSSR count). The van der Waals surface area contributed by atoms with Crippen LogP contribution in [-0.2, 0) is 0 Å². The van der Waals surface area contributed by atoms with Crippen molar-refractivity contribution in [2.45, 2.75) is 12.3 Å². The average Bonchev–Trinajstić information content (AvgIpc) is 1.67. The van der Waals surface area contributed by atoms with Crippen molar-refractivity contribution in [1.29, 1.82) is 0 Å². The number of hydrogen-bond acceptors (Lipinski definition) is 2. The SMILES string of the molecule is NCCC(F)(F)CO. The number of hydrogen-bond donors (Lipinski definition) is 2. The van der Waals surface area contributed by atoms with E-state index in [1.165, 1.54) is 0 Å². The third-order valence-electron chi connectivity index (χ3n) is 0.741. The molecule has 0 fully saturated rings. The van der Waals surface area contributed by atoms with E-state index in [4.69, 9.17) is 10.8 Å². The first-order valence-corrected chi connectivity index (χ1v) is 2.31. The van der Waals surface area contributed by atoms with E-state index in [0.29, 0.717) is 0 Å². The summed E-state index contributed by atoms with van der Waals surface area (Å²) in [6.07, 6.45) is -0.441. The van der Waals surface area contributed by atoms with Crippen LogP contribution >= 0.6 is 0 Å². The zero-order valence-corrected chi connectivity index (χ0v) is 4.40. The lowest BCUT2D eigenvalue weighted by Gasteiger charge is -2.09. The number of rotatable bonds is 3. The van der Waals surface area contributed by atoms with Gasteiger partial charge in [-0.2, -0.15) is 0 Å². The van der Waals surface area contributed by atoms with Gasteiger partial charge in [-0.25, -0.2) is 8.78 Å². The van der Waals surface area contributed by atoms with Gasteiger partial charge in [0.05, 0.1) is 0 Å². The van der Waals surface area contributed by atoms with Crippen molar-refractivity contribution in [3.63, 3.8) is 0 Å². The first-order chi connectivity index (χ1) is 3.62. The van der Waals surface area contributed by atoms with Crippen LogP contribution in [-0.4, -0.2) is 24.2 Å². The molecule has 0 aliphatic rings. The second-order valence-electron chi connectivity index (χ2n) is 1.55. The van der Waals surface area contributed by atoms with Crippen LogP contribution in [0.1, 0.15) is 6.42 Å². The topological polar surface area (TPSA) is 46.2 Å². The van der Waals surface area contributed by atoms with Gasteiger partial charge in [-0.1, -0.05) is 0 Å². The smallest absolute Gasteiger partial charge is 0.271 e. The summed E-state index contributed by atoms with van der Waals surface area (Å²) >= 11 is 0. The lowest BCUT2D eigenvalue weighted by atomic mass is 10.2. The Morgan fingerprint density at radius 3 is 2.12 bits per heavy atom. The fraction of sp³-hybridized carbons (Fsp3) is 1.00. The Morgan fingerprint density at radius 2 is 2.00 bits per heavy atom. The van der Waals surface area contributed by atoms with Gasteiger partial charge in [0.2, 0.25) is 0 Å². The van der Waals surface area contributed by atoms with Crippen molar-refractivity contribution < 1.29 is 13.9 Å². The van der Waals surface area contributed by atoms with Crippen LogP contribution in [0.4, 0.5) is 8.78 Å². The molecule has 0 bridgehead atoms. The third-order valence-corrected chi connectivity index (χ3v) is 0.741. The summed E-state index contributed by atoms with van der Waals surface area (Å²) in [6, 6.07) is 0. The van der Waals surface area contributed by atoms with Crippen molar-refractivity contribution >= 4 is 0 Å². The van der Waals surface area contributed by atoms with Crippen LogP contribution in [0.3, 0.4) is 0 Å². The van der Waals surface area contributed by atoms with Gasteiger partial charge in [-0.3, -0.25) is 0 Å². The molecule has 0 aromatic rings. The standard InChI is InChI=1S/C4H9F2NO/c5-4(6,3-8)1-2-7/h8H,1-3,7H2. The summed E-state index contributed by atoms with van der Waals surface area (Å²) in [5, 5.41) is 7.92. The highest BCUT2D eigenvalue weighted by Crippen LogP contribution is 2.14. The van der Waals surface area contributed by atoms with Crippen LogP contribution in [0.25, 0.3) is 0 Å². The summed E-state index contributed by atoms with van der Waals surface area (Å²) in [7, 11) is 0. The largest absolute Gasteiger partial charge is 0.390 e. The van der Waals surface area contributed by atoms with Crippen molar-refractivity contribution in [3.05, 3.63) is 0 Å². The zero-order chi connectivity index (χ0) is 6.62. The molecule has 0 aromatic heterocycles. The van der Waals surface area contributed by atoms with Gasteiger partial charge in [0.15, 0.2) is 0 Å². The van der Waals surface area contributed by atoms with E-state index >= 15 is 0 Å². The molecule has 0 aliphatic carbocycles. The molecule has 3 N–H and O–H groups in total. The Labute approximate surface area is 46.3 Å². The predicted molar refractivity (Wildman–Crippen MR) is 25.7 cm³/mol. The van der Waals surface area contributed by atoms with Gasteiger partial charge in [0.1, 0.15) is 6.61 Å². The van der Waals surface area contributed by atoms with Crippen molar-refractivity contribution in [2.75, 3.05) is 13.2 Å². The maximum absolute atomic E-state index is 11.8. The van der Waals surface area contributed by atoms with E-state index in [1.807, 2.05) is 0 Å². The Bertz CT molecular complexity index is 67.1. The third kappa shape index (κ3) is 2.87. The van der Waals surface area contributed by atoms with E-state index < -0.39 is 19.0 Å². The van der Waals surface area contributed by atoms with Crippen LogP contribution in [0, 0.1) is 0 Å². The number of alkyl halides is 2. The molecule has 50 valence electrons. The number of halogens is 2. The summed E-state index contributed by atoms with van der Waals surface area (Å²) < 4.78 is 23.6. The van der Waals surface area contributed by atoms with Crippen LogP contribution in [0.15, 0.2) is 0 Å². The summed E-state index contributed by atoms with van der Waals surface area (Å²) in [5.74, 6) is -2.98. The molecule has 0 heterocycles. The lowest BCUT2D eigenvalue weighted by Crippen LogP contribution is -2.24. The monoisotopic (exact) mass is 125 g/mol. The fourth-order valence-corrected chi connectivity index (χ4v) is 0.290. The van der Waals surface area contributed by atoms with E-state index in [-0.39, 0.29) is 6.54 Å². The number of aliphatic hydroxyl groups excluding tert-OH is 1. The number of aliphatic hydroxyl groups is 1. The highest BCUT2D eigenvalue weighted by Gasteiger charge is 2.25. The number of nitrogens with two attached hydrogens (primary N) is 1. The zero-order valence-electron chi connectivity index (χ0n) is 4.40. The fourth-order valence-electron chi connectivity index (χ4n) is 0.290. The van der Waals surface area contributed by atoms with Gasteiger partial charge >= 0.3 is 0 Å². The van der Waals surface area contributed by atoms with E-state index in [0.717, 1.165) is 0 Å². The van der Waals surface area contributed by atoms with Crippen LogP contribution < -0.4 is 5.73 Å². The molecule has 8 heavy (non-hydrogen) atoms. The Kier molecular flexibility index (Phi) is 2.86. The highest BCUT2D eigenvalue weighted by molar-refractivity contribution is 4.63. The first kappa shape index (κ1) is 7.78. The minimum absolute atomic E-state index is 0.0897. The molecule has 0 aliphatic heterocycles. The van der Waals surface area contributed by atoms with Gasteiger partial charge in [-0.05, 0) is 6.54 Å². The van der Waals surface area contributed by atoms with Crippen molar-refractivity contribution in [1.82, 2.24) is 0 Å². The Morgan fingerprint density at radius 1 is 1.50 bits per heavy atom. The summed E-state index contributed by atoms with van der Waals surface area (Å²) in [4.78, 5) is 0. The molecular weight excluding hydrogens is 116 g/mol. The van der Waals surface area contributed by atoms with Gasteiger partial charge < -0.3 is 10.8 Å². The Hall–Kier alpha value is -0.220. The van der Waals surface area contributed by atoms with Crippen LogP contribution in [0.2, 0.25) is 0 Å². The molecule has 4 heteroatoms. The van der Waals surface area contributed by atoms with Gasteiger partial charge in [0, 0.05) is 6.42 Å². The van der Waals surface area contributed by atoms with Gasteiger partial charge in [-0.15, -0.1) is 0 Å². The lowest BCUT2D eigenvalue weighted by molar-refractivity contribution is -0.0540. The van der Waals surface area contributed by atoms with Crippen molar-refractivity contribution in [3.8, 4) is 0 Å². The minimum Gasteiger partial charge on any atom is -0.390 e. The maximum Gasteiger partial charge on any atom is 0.271 e. The highest BCUT2D eigenvalue weighted by atomic mass is 19.3. The molecule has 0 spiro atoms. The molecule has 0 unspecified atom stereocenters. The van der Waals surface area contributed by atoms with E-state index in [2.05, 4.69) is 0 Å². The predicted octanol–water partition coefficient (Wildman–Crippen LogP) is -0.0372. The molecule has 0 saturated carbocycles. The van der Waals surface area contributed by atoms with E-state index in [9.17, 15) is 8.78 Å². The average molecular weight is 125 g/mol. The molecule has 0 amide bonds. The second-order valence-corrected chi connectivity index (χ2v) is 1.55. The molecule has 0 aromatic carbocycles. The van der Waals surface area contributed by atoms with Crippen LogP contribution in [0.5, 0.6) is 0 Å². The Balaban J connectivity index is 3.37. The van der Waals surface area contributed by atoms with Crippen molar-refractivity contribution in [2.24, 2.45) is 5.73 Å². The normalized spacial score (nSPS) is 12.0. The quantitative estimate of drug-likeness (QED) is 0.556. The molecule has 0 radical (unpaired) electrons. The molecule has 0 atom stereocenters. The minimum atomic E-state index is -2.98. The molecular formula is C4H9F2NO. The first-order valence-electron chi connectivity index (χ1n) is 2.31. The maximum atomic E-state index is 11.8. The van der Waals surface area contributed by atoms with Gasteiger partial charge in [0.25, 0.3) is 5.92 Å².